The highest BCUT2D eigenvalue weighted by atomic mass is 35.6. The maximum Gasteiger partial charge on any atom is 0.187 e. The first-order valence-corrected chi connectivity index (χ1v) is 5.69. The number of rotatable bonds is 0. The topological polar surface area (TPSA) is 0 Å². The second-order valence-electron chi connectivity index (χ2n) is 1.40. The van der Waals surface area contributed by atoms with Crippen LogP contribution in [0.1, 0.15) is 13.8 Å². The monoisotopic (exact) mass is 314 g/mol. The molecule has 12 heavy (non-hydrogen) atoms. The van der Waals surface area contributed by atoms with Gasteiger partial charge in [-0.25, -0.2) is 0 Å². The first-order valence-electron chi connectivity index (χ1n) is 2.62. The van der Waals surface area contributed by atoms with Crippen molar-refractivity contribution in [2.24, 2.45) is 0 Å². The molecule has 78 valence electrons. The summed E-state index contributed by atoms with van der Waals surface area (Å²) in [7, 11) is 0. The molecule has 0 N–H and O–H groups in total. The highest BCUT2D eigenvalue weighted by Crippen LogP contribution is 2.23. The number of halogens is 7. The molecule has 7 heteroatoms. The minimum Gasteiger partial charge on any atom is -0.109 e. The number of alkyl halides is 7. The molecular formula is C5H9Cl7. The van der Waals surface area contributed by atoms with Crippen LogP contribution in [0.4, 0.5) is 0 Å². The summed E-state index contributed by atoms with van der Waals surface area (Å²) in [5.74, 6) is 0. The maximum absolute atomic E-state index is 5.06. The standard InChI is InChI=1S/C2H3Cl3.C2H4Cl2.CH2Cl2/c1-2(3,4)5;1-2(3)4;2-1-3/h1H3;2H,1H3;1H2. The summed E-state index contributed by atoms with van der Waals surface area (Å²) in [6, 6.07) is 0. The van der Waals surface area contributed by atoms with Crippen molar-refractivity contribution in [3.05, 3.63) is 0 Å². The van der Waals surface area contributed by atoms with E-state index in [1.54, 1.807) is 6.92 Å². The molecule has 0 atom stereocenters. The largest absolute Gasteiger partial charge is 0.187 e. The van der Waals surface area contributed by atoms with Crippen LogP contribution in [-0.4, -0.2) is 14.0 Å². The number of hydrogen-bond acceptors (Lipinski definition) is 0. The Balaban J connectivity index is -0.000000105. The zero-order valence-electron chi connectivity index (χ0n) is 6.43. The van der Waals surface area contributed by atoms with Gasteiger partial charge in [-0.05, 0) is 13.8 Å². The first-order chi connectivity index (χ1) is 5.15. The molecule has 0 heterocycles. The summed E-state index contributed by atoms with van der Waals surface area (Å²) in [4.78, 5) is -0.222. The molecule has 0 bridgehead atoms. The summed E-state index contributed by atoms with van der Waals surface area (Å²) in [5, 5.41) is 0.194. The van der Waals surface area contributed by atoms with Gasteiger partial charge in [-0.15, -0.1) is 46.4 Å². The van der Waals surface area contributed by atoms with Crippen molar-refractivity contribution in [1.29, 1.82) is 0 Å². The highest BCUT2D eigenvalue weighted by Gasteiger charge is 2.07. The minimum atomic E-state index is -1.08. The Hall–Kier alpha value is 2.03. The van der Waals surface area contributed by atoms with Gasteiger partial charge in [-0.2, -0.15) is 0 Å². The van der Waals surface area contributed by atoms with Gasteiger partial charge in [0.15, 0.2) is 3.79 Å². The van der Waals surface area contributed by atoms with Gasteiger partial charge >= 0.3 is 0 Å². The van der Waals surface area contributed by atoms with Crippen molar-refractivity contribution in [2.45, 2.75) is 22.5 Å². The van der Waals surface area contributed by atoms with Crippen LogP contribution in [-0.2, 0) is 0 Å². The van der Waals surface area contributed by atoms with E-state index in [4.69, 9.17) is 81.2 Å². The lowest BCUT2D eigenvalue weighted by molar-refractivity contribution is 1.27. The Morgan fingerprint density at radius 3 is 1.08 bits per heavy atom. The average Bonchev–Trinajstić information content (AvgIpc) is 1.56. The Labute approximate surface area is 108 Å². The van der Waals surface area contributed by atoms with Crippen LogP contribution in [0.2, 0.25) is 0 Å². The van der Waals surface area contributed by atoms with Gasteiger partial charge < -0.3 is 0 Å². The summed E-state index contributed by atoms with van der Waals surface area (Å²) in [6.07, 6.45) is 0. The van der Waals surface area contributed by atoms with E-state index in [0.717, 1.165) is 0 Å². The number of hydrogen-bond donors (Lipinski definition) is 0. The fourth-order valence-corrected chi connectivity index (χ4v) is 0. The van der Waals surface area contributed by atoms with Gasteiger partial charge in [0.1, 0.15) is 4.84 Å². The van der Waals surface area contributed by atoms with Crippen molar-refractivity contribution in [1.82, 2.24) is 0 Å². The molecule has 0 aliphatic carbocycles. The molecule has 0 saturated carbocycles. The van der Waals surface area contributed by atoms with Gasteiger partial charge in [0.25, 0.3) is 0 Å². The van der Waals surface area contributed by atoms with Crippen molar-refractivity contribution in [3.8, 4) is 0 Å². The molecule has 0 nitrogen and oxygen atoms in total. The summed E-state index contributed by atoms with van der Waals surface area (Å²) < 4.78 is -1.08. The lowest BCUT2D eigenvalue weighted by atomic mass is 10.9. The Morgan fingerprint density at radius 2 is 1.08 bits per heavy atom. The summed E-state index contributed by atoms with van der Waals surface area (Å²) >= 11 is 34.8. The van der Waals surface area contributed by atoms with E-state index >= 15 is 0 Å². The quantitative estimate of drug-likeness (QED) is 0.510. The van der Waals surface area contributed by atoms with E-state index in [0.29, 0.717) is 0 Å². The molecule has 0 rings (SSSR count). The summed E-state index contributed by atoms with van der Waals surface area (Å²) in [5.41, 5.74) is 0. The molecule has 0 radical (unpaired) electrons. The molecule has 0 saturated heterocycles. The second kappa shape index (κ2) is 13.0. The molecule has 0 amide bonds. The van der Waals surface area contributed by atoms with Crippen molar-refractivity contribution in [2.75, 3.05) is 5.34 Å². The van der Waals surface area contributed by atoms with Crippen LogP contribution in [0.25, 0.3) is 0 Å². The van der Waals surface area contributed by atoms with Gasteiger partial charge in [0, 0.05) is 0 Å². The first kappa shape index (κ1) is 19.6. The SMILES string of the molecule is CC(Cl)(Cl)Cl.CC(Cl)Cl.ClCCl. The fourth-order valence-electron chi connectivity index (χ4n) is 0. The third kappa shape index (κ3) is 355. The van der Waals surface area contributed by atoms with Crippen LogP contribution >= 0.6 is 81.2 Å². The molecule has 0 aliphatic heterocycles. The lowest BCUT2D eigenvalue weighted by Crippen LogP contribution is -1.87. The van der Waals surface area contributed by atoms with Crippen LogP contribution in [0, 0.1) is 0 Å². The smallest absolute Gasteiger partial charge is 0.109 e. The van der Waals surface area contributed by atoms with Crippen LogP contribution in [0.5, 0.6) is 0 Å². The van der Waals surface area contributed by atoms with Crippen LogP contribution < -0.4 is 0 Å². The van der Waals surface area contributed by atoms with E-state index in [2.05, 4.69) is 0 Å². The Bertz CT molecular complexity index is 57.9. The highest BCUT2D eigenvalue weighted by molar-refractivity contribution is 6.67. The van der Waals surface area contributed by atoms with Gasteiger partial charge in [0.2, 0.25) is 0 Å². The Morgan fingerprint density at radius 1 is 1.08 bits per heavy atom. The van der Waals surface area contributed by atoms with Gasteiger partial charge in [-0.3, -0.25) is 0 Å². The van der Waals surface area contributed by atoms with E-state index in [-0.39, 0.29) is 10.2 Å². The molecule has 0 aliphatic rings. The molecule has 0 aromatic rings. The van der Waals surface area contributed by atoms with Crippen LogP contribution in [0.15, 0.2) is 0 Å². The summed E-state index contributed by atoms with van der Waals surface area (Å²) in [6.45, 7) is 3.18. The molecule has 0 aromatic heterocycles. The Kier molecular flexibility index (Phi) is 21.3. The lowest BCUT2D eigenvalue weighted by Gasteiger charge is -1.94. The van der Waals surface area contributed by atoms with Crippen molar-refractivity contribution < 1.29 is 0 Å². The molecule has 0 unspecified atom stereocenters. The van der Waals surface area contributed by atoms with Crippen LogP contribution in [0.3, 0.4) is 0 Å². The van der Waals surface area contributed by atoms with E-state index < -0.39 is 3.79 Å². The van der Waals surface area contributed by atoms with Gasteiger partial charge in [-0.1, -0.05) is 34.8 Å². The zero-order chi connectivity index (χ0) is 10.8. The molecular weight excluding hydrogens is 308 g/mol. The predicted octanol–water partition coefficient (Wildman–Crippen LogP) is 5.61. The van der Waals surface area contributed by atoms with E-state index in [9.17, 15) is 0 Å². The molecule has 0 aromatic carbocycles. The minimum absolute atomic E-state index is 0.194. The average molecular weight is 317 g/mol. The fraction of sp³-hybridized carbons (Fsp3) is 1.00. The second-order valence-corrected chi connectivity index (χ2v) is 6.59. The van der Waals surface area contributed by atoms with Crippen molar-refractivity contribution >= 4 is 81.2 Å². The third-order valence-corrected chi connectivity index (χ3v) is 0. The molecule has 0 spiro atoms. The maximum atomic E-state index is 5.06. The zero-order valence-corrected chi connectivity index (χ0v) is 11.7. The van der Waals surface area contributed by atoms with E-state index in [1.807, 2.05) is 0 Å². The predicted molar refractivity (Wildman–Crippen MR) is 63.7 cm³/mol. The third-order valence-electron chi connectivity index (χ3n) is 0. The normalized spacial score (nSPS) is 9.50. The van der Waals surface area contributed by atoms with Crippen molar-refractivity contribution in [3.63, 3.8) is 0 Å². The van der Waals surface area contributed by atoms with Gasteiger partial charge in [0.05, 0.1) is 5.34 Å². The van der Waals surface area contributed by atoms with E-state index in [1.165, 1.54) is 6.92 Å². The molecule has 0 fully saturated rings.